The number of carbonyl (C=O) groups is 1. The molecule has 31 heavy (non-hydrogen) atoms. The lowest BCUT2D eigenvalue weighted by Crippen LogP contribution is -2.47. The molecule has 1 fully saturated rings. The second-order valence-corrected chi connectivity index (χ2v) is 9.09. The van der Waals surface area contributed by atoms with Crippen LogP contribution in [0.1, 0.15) is 29.3 Å². The van der Waals surface area contributed by atoms with Crippen molar-refractivity contribution in [3.63, 3.8) is 0 Å². The van der Waals surface area contributed by atoms with Crippen LogP contribution in [0.25, 0.3) is 0 Å². The van der Waals surface area contributed by atoms with Gasteiger partial charge < -0.3 is 16.4 Å². The Morgan fingerprint density at radius 1 is 1.32 bits per heavy atom. The lowest BCUT2D eigenvalue weighted by molar-refractivity contribution is -0.121. The van der Waals surface area contributed by atoms with Gasteiger partial charge in [0.15, 0.2) is 5.96 Å². The number of halogens is 1. The third kappa shape index (κ3) is 6.51. The van der Waals surface area contributed by atoms with E-state index in [0.717, 1.165) is 25.1 Å². The van der Waals surface area contributed by atoms with E-state index < -0.39 is 5.92 Å². The second kappa shape index (κ2) is 11.2. The summed E-state index contributed by atoms with van der Waals surface area (Å²) in [6.45, 7) is 2.27. The standard InChI is InChI=1S/C23H32FN5OS/c1-26-23(28-15-18(22(25)30)13-16-7-9-19(24)10-8-16)27-14-17-5-3-11-29(2)21(17)20-6-4-12-31-20/h4,6-10,12,17-18,21H,3,5,11,13-15H2,1-2H3,(H2,25,30)(H2,26,27,28). The lowest BCUT2D eigenvalue weighted by atomic mass is 9.88. The van der Waals surface area contributed by atoms with Crippen LogP contribution in [0.4, 0.5) is 4.39 Å². The minimum atomic E-state index is -0.413. The summed E-state index contributed by atoms with van der Waals surface area (Å²) in [4.78, 5) is 20.1. The maximum Gasteiger partial charge on any atom is 0.222 e. The molecule has 4 N–H and O–H groups in total. The van der Waals surface area contributed by atoms with Gasteiger partial charge in [-0.3, -0.25) is 14.7 Å². The fraction of sp³-hybridized carbons (Fsp3) is 0.478. The maximum atomic E-state index is 13.1. The van der Waals surface area contributed by atoms with E-state index in [1.165, 1.54) is 23.4 Å². The van der Waals surface area contributed by atoms with Gasteiger partial charge in [0.2, 0.25) is 5.91 Å². The summed E-state index contributed by atoms with van der Waals surface area (Å²) in [5, 5.41) is 8.80. The molecule has 0 radical (unpaired) electrons. The lowest BCUT2D eigenvalue weighted by Gasteiger charge is -2.39. The molecule has 1 aliphatic heterocycles. The van der Waals surface area contributed by atoms with E-state index in [1.807, 2.05) is 0 Å². The molecule has 1 aromatic carbocycles. The number of piperidine rings is 1. The van der Waals surface area contributed by atoms with Crippen LogP contribution in [-0.2, 0) is 11.2 Å². The molecule has 3 rings (SSSR count). The van der Waals surface area contributed by atoms with Crippen LogP contribution >= 0.6 is 11.3 Å². The average molecular weight is 446 g/mol. The van der Waals surface area contributed by atoms with Gasteiger partial charge in [-0.25, -0.2) is 4.39 Å². The van der Waals surface area contributed by atoms with E-state index in [1.54, 1.807) is 30.5 Å². The van der Waals surface area contributed by atoms with E-state index in [-0.39, 0.29) is 11.7 Å². The number of hydrogen-bond donors (Lipinski definition) is 3. The molecule has 0 aliphatic carbocycles. The molecule has 3 unspecified atom stereocenters. The van der Waals surface area contributed by atoms with Crippen molar-refractivity contribution in [3.8, 4) is 0 Å². The van der Waals surface area contributed by atoms with E-state index in [0.29, 0.717) is 30.9 Å². The van der Waals surface area contributed by atoms with Crippen LogP contribution in [0.15, 0.2) is 46.8 Å². The Morgan fingerprint density at radius 3 is 2.74 bits per heavy atom. The predicted octanol–water partition coefficient (Wildman–Crippen LogP) is 2.78. The molecule has 0 saturated carbocycles. The normalized spacial score (nSPS) is 20.9. The number of nitrogens with one attached hydrogen (secondary N) is 2. The molecule has 8 heteroatoms. The molecule has 0 bridgehead atoms. The second-order valence-electron chi connectivity index (χ2n) is 8.11. The van der Waals surface area contributed by atoms with Gasteiger partial charge in [-0.05, 0) is 67.9 Å². The summed E-state index contributed by atoms with van der Waals surface area (Å²) in [6, 6.07) is 10.9. The van der Waals surface area contributed by atoms with Gasteiger partial charge in [-0.2, -0.15) is 0 Å². The Balaban J connectivity index is 1.55. The summed E-state index contributed by atoms with van der Waals surface area (Å²) in [5.74, 6) is 0.0320. The predicted molar refractivity (Wildman–Crippen MR) is 125 cm³/mol. The number of likely N-dealkylation sites (tertiary alicyclic amines) is 1. The molecule has 1 aliphatic rings. The van der Waals surface area contributed by atoms with Gasteiger partial charge >= 0.3 is 0 Å². The highest BCUT2D eigenvalue weighted by Crippen LogP contribution is 2.36. The van der Waals surface area contributed by atoms with Gasteiger partial charge in [0.1, 0.15) is 5.82 Å². The number of carbonyl (C=O) groups excluding carboxylic acids is 1. The first-order valence-corrected chi connectivity index (χ1v) is 11.6. The molecular weight excluding hydrogens is 413 g/mol. The van der Waals surface area contributed by atoms with Gasteiger partial charge in [-0.1, -0.05) is 18.2 Å². The van der Waals surface area contributed by atoms with Crippen LogP contribution in [0.3, 0.4) is 0 Å². The summed E-state index contributed by atoms with van der Waals surface area (Å²) in [5.41, 5.74) is 6.48. The minimum absolute atomic E-state index is 0.295. The topological polar surface area (TPSA) is 82.7 Å². The van der Waals surface area contributed by atoms with Crippen molar-refractivity contribution < 1.29 is 9.18 Å². The molecule has 1 amide bonds. The van der Waals surface area contributed by atoms with Crippen LogP contribution < -0.4 is 16.4 Å². The zero-order valence-corrected chi connectivity index (χ0v) is 19.0. The highest BCUT2D eigenvalue weighted by atomic mass is 32.1. The van der Waals surface area contributed by atoms with Crippen LogP contribution in [0, 0.1) is 17.7 Å². The fourth-order valence-electron chi connectivity index (χ4n) is 4.23. The summed E-state index contributed by atoms with van der Waals surface area (Å²) in [7, 11) is 3.91. The van der Waals surface area contributed by atoms with Crippen molar-refractivity contribution in [2.45, 2.75) is 25.3 Å². The number of guanidine groups is 1. The van der Waals surface area contributed by atoms with Crippen LogP contribution in [0.2, 0.25) is 0 Å². The molecule has 0 spiro atoms. The summed E-state index contributed by atoms with van der Waals surface area (Å²) < 4.78 is 13.1. The largest absolute Gasteiger partial charge is 0.369 e. The number of primary amides is 1. The Labute approximate surface area is 187 Å². The Bertz CT molecular complexity index is 855. The molecule has 6 nitrogen and oxygen atoms in total. The average Bonchev–Trinajstić information content (AvgIpc) is 3.28. The highest BCUT2D eigenvalue weighted by molar-refractivity contribution is 7.10. The fourth-order valence-corrected chi connectivity index (χ4v) is 5.21. The Hall–Kier alpha value is -2.45. The van der Waals surface area contributed by atoms with Gasteiger partial charge in [0.05, 0.1) is 5.92 Å². The van der Waals surface area contributed by atoms with Crippen molar-refractivity contribution >= 4 is 23.2 Å². The molecule has 2 heterocycles. The van der Waals surface area contributed by atoms with Gasteiger partial charge in [-0.15, -0.1) is 11.3 Å². The minimum Gasteiger partial charge on any atom is -0.369 e. The molecule has 3 atom stereocenters. The number of hydrogen-bond acceptors (Lipinski definition) is 4. The SMILES string of the molecule is CN=C(NCC(Cc1ccc(F)cc1)C(N)=O)NCC1CCCN(C)C1c1cccs1. The first-order chi connectivity index (χ1) is 15.0. The van der Waals surface area contributed by atoms with Crippen molar-refractivity contribution in [2.24, 2.45) is 22.6 Å². The van der Waals surface area contributed by atoms with Gasteiger partial charge in [0, 0.05) is 31.1 Å². The zero-order chi connectivity index (χ0) is 22.2. The quantitative estimate of drug-likeness (QED) is 0.431. The van der Waals surface area contributed by atoms with Crippen molar-refractivity contribution in [2.75, 3.05) is 33.7 Å². The number of aliphatic imine (C=N–C) groups is 1. The van der Waals surface area contributed by atoms with E-state index in [2.05, 4.69) is 45.1 Å². The van der Waals surface area contributed by atoms with E-state index in [9.17, 15) is 9.18 Å². The first-order valence-electron chi connectivity index (χ1n) is 10.7. The first kappa shape index (κ1) is 23.2. The van der Waals surface area contributed by atoms with Crippen molar-refractivity contribution in [1.82, 2.24) is 15.5 Å². The Morgan fingerprint density at radius 2 is 2.10 bits per heavy atom. The molecule has 2 aromatic rings. The molecule has 1 aromatic heterocycles. The molecule has 1 saturated heterocycles. The maximum absolute atomic E-state index is 13.1. The van der Waals surface area contributed by atoms with Gasteiger partial charge in [0.25, 0.3) is 0 Å². The van der Waals surface area contributed by atoms with Crippen molar-refractivity contribution in [1.29, 1.82) is 0 Å². The Kier molecular flexibility index (Phi) is 8.43. The molecule has 168 valence electrons. The monoisotopic (exact) mass is 445 g/mol. The third-order valence-corrected chi connectivity index (χ3v) is 6.85. The smallest absolute Gasteiger partial charge is 0.222 e. The molecular formula is C23H32FN5OS. The van der Waals surface area contributed by atoms with Crippen LogP contribution in [0.5, 0.6) is 0 Å². The highest BCUT2D eigenvalue weighted by Gasteiger charge is 2.31. The summed E-state index contributed by atoms with van der Waals surface area (Å²) in [6.07, 6.45) is 2.79. The number of benzene rings is 1. The number of amides is 1. The zero-order valence-electron chi connectivity index (χ0n) is 18.2. The van der Waals surface area contributed by atoms with E-state index >= 15 is 0 Å². The summed E-state index contributed by atoms with van der Waals surface area (Å²) >= 11 is 1.81. The van der Waals surface area contributed by atoms with E-state index in [4.69, 9.17) is 5.73 Å². The number of rotatable bonds is 8. The third-order valence-electron chi connectivity index (χ3n) is 5.91. The van der Waals surface area contributed by atoms with Crippen molar-refractivity contribution in [3.05, 3.63) is 58.0 Å². The number of thiophene rings is 1. The van der Waals surface area contributed by atoms with Crippen LogP contribution in [-0.4, -0.2) is 50.5 Å². The number of nitrogens with two attached hydrogens (primary N) is 1. The number of nitrogens with zero attached hydrogens (tertiary/aromatic N) is 2.